The average molecular weight is 375 g/mol. The van der Waals surface area contributed by atoms with Gasteiger partial charge in [0, 0.05) is 21.9 Å². The molecule has 7 heteroatoms. The summed E-state index contributed by atoms with van der Waals surface area (Å²) in [6.07, 6.45) is 0. The van der Waals surface area contributed by atoms with Gasteiger partial charge in [0.25, 0.3) is 0 Å². The minimum absolute atomic E-state index is 0.00309. The van der Waals surface area contributed by atoms with E-state index in [0.29, 0.717) is 10.1 Å². The summed E-state index contributed by atoms with van der Waals surface area (Å²) in [7, 11) is 0. The molecular weight excluding hydrogens is 368 g/mol. The van der Waals surface area contributed by atoms with Gasteiger partial charge in [0.2, 0.25) is 0 Å². The maximum Gasteiger partial charge on any atom is 0.134 e. The quantitative estimate of drug-likeness (QED) is 0.512. The van der Waals surface area contributed by atoms with Gasteiger partial charge in [0.05, 0.1) is 16.1 Å². The second kappa shape index (κ2) is 4.13. The monoisotopic (exact) mass is 372 g/mol. The van der Waals surface area contributed by atoms with E-state index in [4.69, 9.17) is 81.2 Å². The lowest BCUT2D eigenvalue weighted by Crippen LogP contribution is -2.31. The number of rotatable bonds is 0. The Bertz CT molecular complexity index is 369. The van der Waals surface area contributed by atoms with E-state index < -0.39 is 4.33 Å². The highest BCUT2D eigenvalue weighted by Gasteiger charge is 2.72. The van der Waals surface area contributed by atoms with Crippen molar-refractivity contribution in [3.05, 3.63) is 10.1 Å². The SMILES string of the molecule is ClC1=C(Cl)C2C3C(Cl)C(Cl)C(Cl)C3C1C2(Cl)Cl. The summed E-state index contributed by atoms with van der Waals surface area (Å²) >= 11 is 44.1. The fourth-order valence-corrected chi connectivity index (χ4v) is 6.98. The molecule has 6 atom stereocenters. The van der Waals surface area contributed by atoms with Crippen molar-refractivity contribution in [2.45, 2.75) is 20.5 Å². The molecule has 0 heterocycles. The first kappa shape index (κ1) is 13.7. The van der Waals surface area contributed by atoms with Crippen LogP contribution in [0.5, 0.6) is 0 Å². The van der Waals surface area contributed by atoms with Gasteiger partial charge in [-0.2, -0.15) is 0 Å². The van der Waals surface area contributed by atoms with E-state index in [1.165, 1.54) is 0 Å². The van der Waals surface area contributed by atoms with Gasteiger partial charge < -0.3 is 0 Å². The zero-order valence-electron chi connectivity index (χ0n) is 8.19. The number of halogens is 7. The second-order valence-corrected chi connectivity index (χ2v) is 8.58. The summed E-state index contributed by atoms with van der Waals surface area (Å²) in [4.78, 5) is 0. The Morgan fingerprint density at radius 3 is 1.41 bits per heavy atom. The van der Waals surface area contributed by atoms with Crippen molar-refractivity contribution in [1.82, 2.24) is 0 Å². The van der Waals surface area contributed by atoms with Crippen LogP contribution in [-0.2, 0) is 0 Å². The summed E-state index contributed by atoms with van der Waals surface area (Å²) < 4.78 is -1.01. The molecule has 2 saturated carbocycles. The molecule has 0 aromatic heterocycles. The molecule has 3 rings (SSSR count). The second-order valence-electron chi connectivity index (χ2n) is 4.81. The number of allylic oxidation sites excluding steroid dienone is 2. The third-order valence-corrected chi connectivity index (χ3v) is 8.00. The molecular formula is C10H7Cl7. The predicted molar refractivity (Wildman–Crippen MR) is 76.1 cm³/mol. The van der Waals surface area contributed by atoms with Gasteiger partial charge in [0.1, 0.15) is 4.33 Å². The molecule has 17 heavy (non-hydrogen) atoms. The van der Waals surface area contributed by atoms with E-state index in [1.807, 2.05) is 0 Å². The highest BCUT2D eigenvalue weighted by atomic mass is 35.5. The maximum absolute atomic E-state index is 6.40. The van der Waals surface area contributed by atoms with Gasteiger partial charge in [-0.3, -0.25) is 0 Å². The number of fused-ring (bicyclic) bond motifs is 5. The van der Waals surface area contributed by atoms with Crippen molar-refractivity contribution in [2.75, 3.05) is 0 Å². The largest absolute Gasteiger partial charge is 0.134 e. The van der Waals surface area contributed by atoms with Crippen LogP contribution in [-0.4, -0.2) is 20.5 Å². The first-order chi connectivity index (χ1) is 7.80. The standard InChI is InChI=1S/C10H7Cl7/c11-5-1-2(6(12)9(5)15)4-8(14)7(13)3(1)10(4,16)17/h1-6,9H. The molecule has 3 aliphatic rings. The van der Waals surface area contributed by atoms with Gasteiger partial charge >= 0.3 is 0 Å². The van der Waals surface area contributed by atoms with Crippen LogP contribution in [0.3, 0.4) is 0 Å². The third-order valence-electron chi connectivity index (χ3n) is 4.16. The topological polar surface area (TPSA) is 0 Å². The Balaban J connectivity index is 2.12. The molecule has 2 bridgehead atoms. The van der Waals surface area contributed by atoms with Crippen LogP contribution in [0.15, 0.2) is 10.1 Å². The van der Waals surface area contributed by atoms with Crippen molar-refractivity contribution in [3.8, 4) is 0 Å². The molecule has 3 aliphatic carbocycles. The molecule has 6 unspecified atom stereocenters. The lowest BCUT2D eigenvalue weighted by molar-refractivity contribution is 0.363. The van der Waals surface area contributed by atoms with Gasteiger partial charge in [-0.15, -0.1) is 58.0 Å². The average Bonchev–Trinajstić information content (AvgIpc) is 2.68. The summed E-state index contributed by atoms with van der Waals surface area (Å²) in [6, 6.07) is 0. The van der Waals surface area contributed by atoms with Crippen LogP contribution in [0.4, 0.5) is 0 Å². The number of alkyl halides is 5. The van der Waals surface area contributed by atoms with Crippen LogP contribution < -0.4 is 0 Å². The van der Waals surface area contributed by atoms with Crippen LogP contribution in [0.2, 0.25) is 0 Å². The Morgan fingerprint density at radius 1 is 0.706 bits per heavy atom. The molecule has 0 nitrogen and oxygen atoms in total. The first-order valence-corrected chi connectivity index (χ1v) is 7.97. The highest BCUT2D eigenvalue weighted by Crippen LogP contribution is 2.72. The highest BCUT2D eigenvalue weighted by molar-refractivity contribution is 6.53. The van der Waals surface area contributed by atoms with Crippen LogP contribution >= 0.6 is 81.2 Å². The molecule has 0 saturated heterocycles. The third kappa shape index (κ3) is 1.53. The normalized spacial score (nSPS) is 55.6. The Hall–Kier alpha value is 1.77. The minimum Gasteiger partial charge on any atom is -0.121 e. The Kier molecular flexibility index (Phi) is 3.34. The zero-order valence-corrected chi connectivity index (χ0v) is 13.5. The van der Waals surface area contributed by atoms with E-state index in [-0.39, 0.29) is 39.8 Å². The molecule has 0 amide bonds. The van der Waals surface area contributed by atoms with Crippen molar-refractivity contribution in [1.29, 1.82) is 0 Å². The minimum atomic E-state index is -1.01. The van der Waals surface area contributed by atoms with Crippen molar-refractivity contribution in [3.63, 3.8) is 0 Å². The van der Waals surface area contributed by atoms with E-state index in [1.54, 1.807) is 0 Å². The fraction of sp³-hybridized carbons (Fsp3) is 0.800. The molecule has 0 aromatic rings. The first-order valence-electron chi connectivity index (χ1n) is 5.15. The van der Waals surface area contributed by atoms with E-state index in [2.05, 4.69) is 0 Å². The Morgan fingerprint density at radius 2 is 1.06 bits per heavy atom. The summed E-state index contributed by atoms with van der Waals surface area (Å²) in [5.41, 5.74) is 0. The van der Waals surface area contributed by atoms with E-state index >= 15 is 0 Å². The Labute approximate surface area is 134 Å². The lowest BCUT2D eigenvalue weighted by Gasteiger charge is -2.26. The molecule has 2 fully saturated rings. The van der Waals surface area contributed by atoms with E-state index in [9.17, 15) is 0 Å². The maximum atomic E-state index is 6.40. The number of hydrogen-bond donors (Lipinski definition) is 0. The van der Waals surface area contributed by atoms with Gasteiger partial charge in [-0.1, -0.05) is 23.2 Å². The zero-order chi connectivity index (χ0) is 12.7. The smallest absolute Gasteiger partial charge is 0.121 e. The predicted octanol–water partition coefficient (Wildman–Crippen LogP) is 5.18. The van der Waals surface area contributed by atoms with Crippen molar-refractivity contribution in [2.24, 2.45) is 23.7 Å². The van der Waals surface area contributed by atoms with Crippen molar-refractivity contribution < 1.29 is 0 Å². The van der Waals surface area contributed by atoms with E-state index in [0.717, 1.165) is 0 Å². The molecule has 96 valence electrons. The molecule has 0 aromatic carbocycles. The fourth-order valence-electron chi connectivity index (χ4n) is 3.52. The van der Waals surface area contributed by atoms with Crippen LogP contribution in [0.25, 0.3) is 0 Å². The molecule has 0 N–H and O–H groups in total. The molecule has 0 spiro atoms. The number of hydrogen-bond acceptors (Lipinski definition) is 0. The van der Waals surface area contributed by atoms with Crippen LogP contribution in [0.1, 0.15) is 0 Å². The summed E-state index contributed by atoms with van der Waals surface area (Å²) in [5, 5.41) is 0.158. The van der Waals surface area contributed by atoms with Gasteiger partial charge in [0.15, 0.2) is 0 Å². The lowest BCUT2D eigenvalue weighted by atomic mass is 9.85. The summed E-state index contributed by atoms with van der Waals surface area (Å²) in [6.45, 7) is 0. The molecule has 0 radical (unpaired) electrons. The van der Waals surface area contributed by atoms with Crippen LogP contribution in [0, 0.1) is 23.7 Å². The van der Waals surface area contributed by atoms with Gasteiger partial charge in [-0.05, 0) is 11.8 Å². The van der Waals surface area contributed by atoms with Crippen molar-refractivity contribution >= 4 is 81.2 Å². The van der Waals surface area contributed by atoms with Gasteiger partial charge in [-0.25, -0.2) is 0 Å². The molecule has 0 aliphatic heterocycles. The summed E-state index contributed by atoms with van der Waals surface area (Å²) in [5.74, 6) is -0.529.